The maximum atomic E-state index is 11.4. The first-order chi connectivity index (χ1) is 10.4. The lowest BCUT2D eigenvalue weighted by Crippen LogP contribution is -2.36. The van der Waals surface area contributed by atoms with Crippen LogP contribution in [0.3, 0.4) is 0 Å². The van der Waals surface area contributed by atoms with E-state index in [1.165, 1.54) is 6.42 Å². The van der Waals surface area contributed by atoms with Gasteiger partial charge in [-0.15, -0.1) is 0 Å². The molecule has 0 saturated carbocycles. The van der Waals surface area contributed by atoms with Gasteiger partial charge < -0.3 is 4.90 Å². The van der Waals surface area contributed by atoms with E-state index in [9.17, 15) is 10.1 Å². The van der Waals surface area contributed by atoms with E-state index in [0.29, 0.717) is 23.9 Å². The number of hydrogen-bond donors (Lipinski definition) is 0. The largest absolute Gasteiger partial charge is 0.366 e. The van der Waals surface area contributed by atoms with E-state index in [1.807, 2.05) is 13.0 Å². The number of aromatic nitrogens is 1. The molecule has 2 rings (SSSR count). The summed E-state index contributed by atoms with van der Waals surface area (Å²) < 4.78 is 0. The third-order valence-electron chi connectivity index (χ3n) is 4.19. The fraction of sp³-hybridized carbons (Fsp3) is 0.688. The van der Waals surface area contributed by atoms with Gasteiger partial charge in [-0.3, -0.25) is 10.1 Å². The average Bonchev–Trinajstić information content (AvgIpc) is 2.45. The van der Waals surface area contributed by atoms with Crippen LogP contribution in [-0.4, -0.2) is 23.0 Å². The Hall–Kier alpha value is -1.36. The van der Waals surface area contributed by atoms with E-state index in [4.69, 9.17) is 11.6 Å². The Balaban J connectivity index is 2.33. The third kappa shape index (κ3) is 3.88. The molecule has 1 atom stereocenters. The van der Waals surface area contributed by atoms with Crippen molar-refractivity contribution in [3.8, 4) is 0 Å². The van der Waals surface area contributed by atoms with Crippen LogP contribution in [0.15, 0.2) is 6.07 Å². The molecule has 1 aromatic heterocycles. The summed E-state index contributed by atoms with van der Waals surface area (Å²) >= 11 is 6.07. The SMILES string of the molecule is CCc1cc(N2CCCC(CC(C)C)C2)c([N+](=O)[O-])c(Cl)n1. The van der Waals surface area contributed by atoms with Crippen LogP contribution in [0.5, 0.6) is 0 Å². The fourth-order valence-electron chi connectivity index (χ4n) is 3.28. The number of aryl methyl sites for hydroxylation is 1. The minimum absolute atomic E-state index is 0.00494. The zero-order valence-electron chi connectivity index (χ0n) is 13.5. The van der Waals surface area contributed by atoms with Gasteiger partial charge in [0, 0.05) is 18.8 Å². The Kier molecular flexibility index (Phi) is 5.62. The molecule has 0 aromatic carbocycles. The second kappa shape index (κ2) is 7.27. The normalized spacial score (nSPS) is 18.8. The van der Waals surface area contributed by atoms with Crippen molar-refractivity contribution in [2.45, 2.75) is 46.5 Å². The lowest BCUT2D eigenvalue weighted by atomic mass is 9.89. The number of piperidine rings is 1. The van der Waals surface area contributed by atoms with Crippen molar-refractivity contribution in [1.29, 1.82) is 0 Å². The number of halogens is 1. The maximum absolute atomic E-state index is 11.4. The van der Waals surface area contributed by atoms with Crippen LogP contribution in [0.4, 0.5) is 11.4 Å². The highest BCUT2D eigenvalue weighted by Gasteiger charge is 2.29. The zero-order chi connectivity index (χ0) is 16.3. The summed E-state index contributed by atoms with van der Waals surface area (Å²) in [5.74, 6) is 1.23. The minimum atomic E-state index is -0.407. The minimum Gasteiger partial charge on any atom is -0.366 e. The van der Waals surface area contributed by atoms with Crippen molar-refractivity contribution < 1.29 is 4.92 Å². The molecule has 122 valence electrons. The highest BCUT2D eigenvalue weighted by Crippen LogP contribution is 2.37. The van der Waals surface area contributed by atoms with Gasteiger partial charge in [-0.25, -0.2) is 4.98 Å². The highest BCUT2D eigenvalue weighted by molar-refractivity contribution is 6.32. The molecule has 6 heteroatoms. The van der Waals surface area contributed by atoms with Gasteiger partial charge in [0.15, 0.2) is 0 Å². The van der Waals surface area contributed by atoms with E-state index in [2.05, 4.69) is 23.7 Å². The van der Waals surface area contributed by atoms with E-state index >= 15 is 0 Å². The predicted octanol–water partition coefficient (Wildman–Crippen LogP) is 4.47. The van der Waals surface area contributed by atoms with Crippen molar-refractivity contribution in [1.82, 2.24) is 4.98 Å². The smallest absolute Gasteiger partial charge is 0.329 e. The molecule has 2 heterocycles. The Morgan fingerprint density at radius 1 is 1.55 bits per heavy atom. The number of nitrogens with zero attached hydrogens (tertiary/aromatic N) is 3. The van der Waals surface area contributed by atoms with Crippen molar-refractivity contribution in [2.24, 2.45) is 11.8 Å². The van der Waals surface area contributed by atoms with Gasteiger partial charge in [0.05, 0.1) is 4.92 Å². The molecule has 1 aliphatic heterocycles. The molecule has 22 heavy (non-hydrogen) atoms. The Morgan fingerprint density at radius 2 is 2.27 bits per heavy atom. The molecule has 0 bridgehead atoms. The van der Waals surface area contributed by atoms with Crippen LogP contribution in [0.2, 0.25) is 5.15 Å². The summed E-state index contributed by atoms with van der Waals surface area (Å²) in [6.07, 6.45) is 4.13. The van der Waals surface area contributed by atoms with Gasteiger partial charge in [-0.1, -0.05) is 32.4 Å². The summed E-state index contributed by atoms with van der Waals surface area (Å²) in [5, 5.41) is 11.4. The van der Waals surface area contributed by atoms with Crippen molar-refractivity contribution in [2.75, 3.05) is 18.0 Å². The molecule has 1 unspecified atom stereocenters. The summed E-state index contributed by atoms with van der Waals surface area (Å²) in [6.45, 7) is 8.13. The van der Waals surface area contributed by atoms with E-state index in [0.717, 1.165) is 31.6 Å². The van der Waals surface area contributed by atoms with E-state index in [1.54, 1.807) is 0 Å². The van der Waals surface area contributed by atoms with Crippen LogP contribution in [0.1, 0.15) is 45.7 Å². The molecule has 0 aliphatic carbocycles. The fourth-order valence-corrected chi connectivity index (χ4v) is 3.55. The molecule has 0 spiro atoms. The summed E-state index contributed by atoms with van der Waals surface area (Å²) in [4.78, 5) is 17.3. The second-order valence-corrected chi connectivity index (χ2v) is 6.82. The topological polar surface area (TPSA) is 59.3 Å². The van der Waals surface area contributed by atoms with Gasteiger partial charge in [-0.2, -0.15) is 0 Å². The molecular weight excluding hydrogens is 302 g/mol. The van der Waals surface area contributed by atoms with Crippen LogP contribution in [-0.2, 0) is 6.42 Å². The van der Waals surface area contributed by atoms with Gasteiger partial charge in [0.1, 0.15) is 5.69 Å². The first-order valence-electron chi connectivity index (χ1n) is 8.01. The van der Waals surface area contributed by atoms with E-state index in [-0.39, 0.29) is 10.8 Å². The van der Waals surface area contributed by atoms with Gasteiger partial charge in [0.2, 0.25) is 5.15 Å². The van der Waals surface area contributed by atoms with Crippen LogP contribution in [0.25, 0.3) is 0 Å². The first kappa shape index (κ1) is 17.0. The molecule has 0 radical (unpaired) electrons. The predicted molar refractivity (Wildman–Crippen MR) is 89.7 cm³/mol. The maximum Gasteiger partial charge on any atom is 0.329 e. The molecule has 1 saturated heterocycles. The monoisotopic (exact) mass is 325 g/mol. The van der Waals surface area contributed by atoms with Crippen molar-refractivity contribution in [3.63, 3.8) is 0 Å². The number of nitro groups is 1. The lowest BCUT2D eigenvalue weighted by molar-refractivity contribution is -0.384. The number of hydrogen-bond acceptors (Lipinski definition) is 4. The molecule has 0 amide bonds. The quantitative estimate of drug-likeness (QED) is 0.455. The van der Waals surface area contributed by atoms with Crippen molar-refractivity contribution in [3.05, 3.63) is 27.0 Å². The number of pyridine rings is 1. The third-order valence-corrected chi connectivity index (χ3v) is 4.46. The molecule has 1 fully saturated rings. The zero-order valence-corrected chi connectivity index (χ0v) is 14.3. The summed E-state index contributed by atoms with van der Waals surface area (Å²) in [5.41, 5.74) is 1.39. The van der Waals surface area contributed by atoms with Crippen LogP contribution in [0, 0.1) is 22.0 Å². The van der Waals surface area contributed by atoms with Crippen LogP contribution >= 0.6 is 11.6 Å². The first-order valence-corrected chi connectivity index (χ1v) is 8.38. The van der Waals surface area contributed by atoms with Gasteiger partial charge in [-0.05, 0) is 43.6 Å². The lowest BCUT2D eigenvalue weighted by Gasteiger charge is -2.35. The number of rotatable bonds is 5. The van der Waals surface area contributed by atoms with Crippen LogP contribution < -0.4 is 4.90 Å². The Morgan fingerprint density at radius 3 is 2.86 bits per heavy atom. The second-order valence-electron chi connectivity index (χ2n) is 6.47. The Bertz CT molecular complexity index is 548. The summed E-state index contributed by atoms with van der Waals surface area (Å²) in [6, 6.07) is 1.84. The highest BCUT2D eigenvalue weighted by atomic mass is 35.5. The standard InChI is InChI=1S/C16H24ClN3O2/c1-4-13-9-14(15(20(21)22)16(17)18-13)19-7-5-6-12(10-19)8-11(2)3/h9,11-12H,4-8,10H2,1-3H3. The van der Waals surface area contributed by atoms with Crippen molar-refractivity contribution >= 4 is 23.0 Å². The molecule has 0 N–H and O–H groups in total. The average molecular weight is 326 g/mol. The molecular formula is C16H24ClN3O2. The summed E-state index contributed by atoms with van der Waals surface area (Å²) in [7, 11) is 0. The number of anilines is 1. The molecule has 1 aliphatic rings. The Labute approximate surface area is 136 Å². The van der Waals surface area contributed by atoms with Gasteiger partial charge in [0.25, 0.3) is 0 Å². The van der Waals surface area contributed by atoms with Gasteiger partial charge >= 0.3 is 5.69 Å². The molecule has 5 nitrogen and oxygen atoms in total. The molecule has 1 aromatic rings. The van der Waals surface area contributed by atoms with E-state index < -0.39 is 4.92 Å².